The third-order valence-corrected chi connectivity index (χ3v) is 6.57. The number of nitrogens with one attached hydrogen (secondary N) is 2. The van der Waals surface area contributed by atoms with E-state index in [0.29, 0.717) is 25.0 Å². The maximum Gasteiger partial charge on any atom is 0.416 e. The van der Waals surface area contributed by atoms with Gasteiger partial charge in [0.05, 0.1) is 29.4 Å². The summed E-state index contributed by atoms with van der Waals surface area (Å²) in [4.78, 5) is 11.9. The Morgan fingerprint density at radius 2 is 1.62 bits per heavy atom. The molecule has 0 radical (unpaired) electrons. The first-order valence-corrected chi connectivity index (χ1v) is 10.9. The molecule has 2 fully saturated rings. The highest BCUT2D eigenvalue weighted by molar-refractivity contribution is 5.79. The van der Waals surface area contributed by atoms with E-state index in [9.17, 15) is 31.1 Å². The fourth-order valence-corrected chi connectivity index (χ4v) is 4.72. The topological polar surface area (TPSA) is 50.4 Å². The minimum atomic E-state index is -4.93. The molecule has 0 spiro atoms. The molecule has 0 aromatic heterocycles. The molecule has 10 heteroatoms. The number of amides is 1. The molecule has 2 aliphatic heterocycles. The first-order valence-electron chi connectivity index (χ1n) is 10.9. The van der Waals surface area contributed by atoms with E-state index in [1.54, 1.807) is 0 Å². The third-order valence-electron chi connectivity index (χ3n) is 6.57. The zero-order valence-electron chi connectivity index (χ0n) is 18.3. The SMILES string of the molecule is C[C@@H](OC[C@@]1(c2ccccc2)CC[C@@H]2NC(=O)C[C@H]2N1)c1cc(C(F)(F)F)cc(C(F)(F)F)c1. The quantitative estimate of drug-likeness (QED) is 0.562. The van der Waals surface area contributed by atoms with Crippen LogP contribution < -0.4 is 10.6 Å². The maximum atomic E-state index is 13.3. The Balaban J connectivity index is 1.61. The van der Waals surface area contributed by atoms with Gasteiger partial charge >= 0.3 is 12.4 Å². The van der Waals surface area contributed by atoms with Crippen molar-refractivity contribution in [3.63, 3.8) is 0 Å². The number of rotatable bonds is 5. The molecule has 2 N–H and O–H groups in total. The number of hydrogen-bond acceptors (Lipinski definition) is 3. The van der Waals surface area contributed by atoms with Gasteiger partial charge in [-0.1, -0.05) is 30.3 Å². The molecule has 4 nitrogen and oxygen atoms in total. The predicted molar refractivity (Wildman–Crippen MR) is 112 cm³/mol. The minimum Gasteiger partial charge on any atom is -0.372 e. The lowest BCUT2D eigenvalue weighted by Gasteiger charge is -2.44. The average Bonchev–Trinajstić information content (AvgIpc) is 3.15. The molecule has 2 aliphatic rings. The fraction of sp³-hybridized carbons (Fsp3) is 0.458. The molecule has 1 amide bonds. The minimum absolute atomic E-state index is 0.00713. The van der Waals surface area contributed by atoms with Crippen LogP contribution in [0.4, 0.5) is 26.3 Å². The molecule has 0 aliphatic carbocycles. The largest absolute Gasteiger partial charge is 0.416 e. The summed E-state index contributed by atoms with van der Waals surface area (Å²) in [6, 6.07) is 10.6. The summed E-state index contributed by atoms with van der Waals surface area (Å²) < 4.78 is 85.5. The molecular formula is C24H24F6N2O2. The van der Waals surface area contributed by atoms with Crippen molar-refractivity contribution in [3.05, 3.63) is 70.8 Å². The molecular weight excluding hydrogens is 462 g/mol. The number of carbonyl (C=O) groups is 1. The predicted octanol–water partition coefficient (Wildman–Crippen LogP) is 5.34. The number of halogens is 6. The van der Waals surface area contributed by atoms with Crippen molar-refractivity contribution in [3.8, 4) is 0 Å². The Morgan fingerprint density at radius 1 is 1.00 bits per heavy atom. The molecule has 2 saturated heterocycles. The number of carbonyl (C=O) groups excluding carboxylic acids is 1. The fourth-order valence-electron chi connectivity index (χ4n) is 4.72. The molecule has 4 rings (SSSR count). The standard InChI is InChI=1S/C24H24F6N2O2/c1-14(15-9-17(23(25,26)27)11-18(10-15)24(28,29)30)34-13-22(16-5-3-2-4-6-16)8-7-19-20(32-22)12-21(33)31-19/h2-6,9-11,14,19-20,32H,7-8,12-13H2,1H3,(H,31,33)/t14-,19+,20-,22-/m1/s1. The first kappa shape index (κ1) is 24.5. The Bertz CT molecular complexity index is 1010. The van der Waals surface area contributed by atoms with Crippen LogP contribution in [0.15, 0.2) is 48.5 Å². The summed E-state index contributed by atoms with van der Waals surface area (Å²) in [5, 5.41) is 6.41. The van der Waals surface area contributed by atoms with Crippen LogP contribution in [0.1, 0.15) is 54.5 Å². The van der Waals surface area contributed by atoms with E-state index in [4.69, 9.17) is 4.74 Å². The number of fused-ring (bicyclic) bond motifs is 1. The molecule has 2 aromatic rings. The summed E-state index contributed by atoms with van der Waals surface area (Å²) in [7, 11) is 0. The highest BCUT2D eigenvalue weighted by atomic mass is 19.4. The van der Waals surface area contributed by atoms with Crippen molar-refractivity contribution in [2.45, 2.75) is 62.3 Å². The van der Waals surface area contributed by atoms with E-state index in [-0.39, 0.29) is 42.6 Å². The van der Waals surface area contributed by atoms with Gasteiger partial charge in [0.2, 0.25) is 5.91 Å². The van der Waals surface area contributed by atoms with Crippen LogP contribution in [0.5, 0.6) is 0 Å². The first-order chi connectivity index (χ1) is 15.9. The lowest BCUT2D eigenvalue weighted by Crippen LogP contribution is -2.59. The van der Waals surface area contributed by atoms with Crippen LogP contribution in [-0.4, -0.2) is 24.6 Å². The van der Waals surface area contributed by atoms with Crippen molar-refractivity contribution >= 4 is 5.91 Å². The summed E-state index contributed by atoms with van der Waals surface area (Å²) >= 11 is 0. The number of ether oxygens (including phenoxy) is 1. The second-order valence-electron chi connectivity index (χ2n) is 8.91. The van der Waals surface area contributed by atoms with E-state index < -0.39 is 35.1 Å². The molecule has 0 unspecified atom stereocenters. The molecule has 0 bridgehead atoms. The molecule has 184 valence electrons. The molecule has 2 heterocycles. The van der Waals surface area contributed by atoms with E-state index in [1.165, 1.54) is 6.92 Å². The van der Waals surface area contributed by atoms with Gasteiger partial charge in [-0.3, -0.25) is 4.79 Å². The number of piperidine rings is 1. The van der Waals surface area contributed by atoms with Gasteiger partial charge in [0, 0.05) is 18.5 Å². The lowest BCUT2D eigenvalue weighted by atomic mass is 9.79. The Hall–Kier alpha value is -2.59. The van der Waals surface area contributed by atoms with Gasteiger partial charge in [-0.15, -0.1) is 0 Å². The average molecular weight is 486 g/mol. The van der Waals surface area contributed by atoms with Gasteiger partial charge in [0.15, 0.2) is 0 Å². The third kappa shape index (κ3) is 5.07. The summed E-state index contributed by atoms with van der Waals surface area (Å²) in [6.07, 6.45) is -9.37. The van der Waals surface area contributed by atoms with Crippen LogP contribution in [0.3, 0.4) is 0 Å². The smallest absolute Gasteiger partial charge is 0.372 e. The number of hydrogen-bond donors (Lipinski definition) is 2. The van der Waals surface area contributed by atoms with E-state index in [1.807, 2.05) is 30.3 Å². The van der Waals surface area contributed by atoms with Gasteiger partial charge in [-0.25, -0.2) is 0 Å². The van der Waals surface area contributed by atoms with Crippen LogP contribution in [0, 0.1) is 0 Å². The van der Waals surface area contributed by atoms with Crippen molar-refractivity contribution in [1.82, 2.24) is 10.6 Å². The number of benzene rings is 2. The second kappa shape index (κ2) is 8.88. The van der Waals surface area contributed by atoms with E-state index >= 15 is 0 Å². The normalized spacial score (nSPS) is 26.1. The van der Waals surface area contributed by atoms with Crippen molar-refractivity contribution in [2.24, 2.45) is 0 Å². The molecule has 34 heavy (non-hydrogen) atoms. The summed E-state index contributed by atoms with van der Waals surface area (Å²) in [6.45, 7) is 1.44. The Morgan fingerprint density at radius 3 is 2.21 bits per heavy atom. The van der Waals surface area contributed by atoms with Gasteiger partial charge in [0.1, 0.15) is 0 Å². The van der Waals surface area contributed by atoms with Crippen LogP contribution in [0.25, 0.3) is 0 Å². The van der Waals surface area contributed by atoms with Crippen LogP contribution >= 0.6 is 0 Å². The number of alkyl halides is 6. The highest BCUT2D eigenvalue weighted by Crippen LogP contribution is 2.40. The van der Waals surface area contributed by atoms with Crippen molar-refractivity contribution < 1.29 is 35.9 Å². The summed E-state index contributed by atoms with van der Waals surface area (Å²) in [5.74, 6) is -0.0655. The van der Waals surface area contributed by atoms with Crippen molar-refractivity contribution in [2.75, 3.05) is 6.61 Å². The molecule has 4 atom stereocenters. The highest BCUT2D eigenvalue weighted by Gasteiger charge is 2.46. The molecule has 0 saturated carbocycles. The Kier molecular flexibility index (Phi) is 6.41. The van der Waals surface area contributed by atoms with E-state index in [2.05, 4.69) is 10.6 Å². The van der Waals surface area contributed by atoms with Gasteiger partial charge in [-0.2, -0.15) is 26.3 Å². The van der Waals surface area contributed by atoms with Gasteiger partial charge < -0.3 is 15.4 Å². The van der Waals surface area contributed by atoms with E-state index in [0.717, 1.165) is 5.56 Å². The lowest BCUT2D eigenvalue weighted by molar-refractivity contribution is -0.143. The second-order valence-corrected chi connectivity index (χ2v) is 8.91. The van der Waals surface area contributed by atoms with Crippen LogP contribution in [0.2, 0.25) is 0 Å². The summed E-state index contributed by atoms with van der Waals surface area (Å²) in [5.41, 5.74) is -2.83. The van der Waals surface area contributed by atoms with Crippen LogP contribution in [-0.2, 0) is 27.4 Å². The zero-order chi connectivity index (χ0) is 24.7. The van der Waals surface area contributed by atoms with Gasteiger partial charge in [0.25, 0.3) is 0 Å². The van der Waals surface area contributed by atoms with Crippen molar-refractivity contribution in [1.29, 1.82) is 0 Å². The Labute approximate surface area is 192 Å². The maximum absolute atomic E-state index is 13.3. The zero-order valence-corrected chi connectivity index (χ0v) is 18.3. The molecule has 2 aromatic carbocycles. The van der Waals surface area contributed by atoms with Gasteiger partial charge in [-0.05, 0) is 49.1 Å². The monoisotopic (exact) mass is 486 g/mol.